The zero-order valence-electron chi connectivity index (χ0n) is 9.48. The van der Waals surface area contributed by atoms with Gasteiger partial charge in [0.1, 0.15) is 5.82 Å². The van der Waals surface area contributed by atoms with E-state index < -0.39 is 11.9 Å². The van der Waals surface area contributed by atoms with Gasteiger partial charge in [0.2, 0.25) is 0 Å². The van der Waals surface area contributed by atoms with Crippen LogP contribution in [0.25, 0.3) is 0 Å². The summed E-state index contributed by atoms with van der Waals surface area (Å²) in [6.45, 7) is 4.38. The number of anilines is 1. The van der Waals surface area contributed by atoms with E-state index in [1.54, 1.807) is 0 Å². The van der Waals surface area contributed by atoms with Gasteiger partial charge in [-0.15, -0.1) is 21.8 Å². The fourth-order valence-electron chi connectivity index (χ4n) is 0.955. The average molecular weight is 268 g/mol. The van der Waals surface area contributed by atoms with Crippen LogP contribution < -0.4 is 5.32 Å². The molecule has 0 radical (unpaired) electrons. The first-order chi connectivity index (χ1) is 7.74. The van der Waals surface area contributed by atoms with Gasteiger partial charge >= 0.3 is 6.18 Å². The summed E-state index contributed by atoms with van der Waals surface area (Å²) in [5.41, 5.74) is -1.16. The Kier molecular flexibility index (Phi) is 4.19. The van der Waals surface area contributed by atoms with Crippen LogP contribution in [-0.4, -0.2) is 22.6 Å². The topological polar surface area (TPSA) is 37.8 Å². The highest BCUT2D eigenvalue weighted by Crippen LogP contribution is 2.27. The third kappa shape index (κ3) is 4.38. The van der Waals surface area contributed by atoms with Crippen molar-refractivity contribution < 1.29 is 13.2 Å². The van der Waals surface area contributed by atoms with Crippen molar-refractivity contribution in [2.75, 3.05) is 17.7 Å². The van der Waals surface area contributed by atoms with Crippen molar-refractivity contribution in [3.05, 3.63) is 17.8 Å². The van der Waals surface area contributed by atoms with Gasteiger partial charge in [-0.3, -0.25) is 0 Å². The largest absolute Gasteiger partial charge is 0.435 e. The van der Waals surface area contributed by atoms with Crippen molar-refractivity contribution in [1.82, 2.24) is 10.2 Å². The number of nitrogens with zero attached hydrogens (tertiary/aromatic N) is 2. The number of rotatable bonds is 4. The van der Waals surface area contributed by atoms with Crippen LogP contribution in [0.1, 0.15) is 19.5 Å². The Morgan fingerprint density at radius 1 is 1.24 bits per heavy atom. The number of hydrogen-bond donors (Lipinski definition) is 1. The summed E-state index contributed by atoms with van der Waals surface area (Å²) in [7, 11) is 0. The Bertz CT molecular complexity index is 362. The van der Waals surface area contributed by atoms with E-state index in [2.05, 4.69) is 15.5 Å². The minimum absolute atomic E-state index is 0.161. The summed E-state index contributed by atoms with van der Waals surface area (Å²) in [6, 6.07) is 2.14. The number of aromatic nitrogens is 2. The first-order valence-electron chi connectivity index (χ1n) is 4.95. The number of halogens is 4. The molecule has 96 valence electrons. The van der Waals surface area contributed by atoms with Gasteiger partial charge in [0.25, 0.3) is 0 Å². The Hall–Kier alpha value is -1.04. The van der Waals surface area contributed by atoms with Gasteiger partial charge in [-0.25, -0.2) is 0 Å². The molecule has 17 heavy (non-hydrogen) atoms. The smallest absolute Gasteiger partial charge is 0.368 e. The molecule has 0 saturated carbocycles. The fraction of sp³-hybridized carbons (Fsp3) is 0.600. The molecule has 1 rings (SSSR count). The predicted molar refractivity (Wildman–Crippen MR) is 60.0 cm³/mol. The van der Waals surface area contributed by atoms with E-state index in [9.17, 15) is 13.2 Å². The molecule has 0 aliphatic rings. The highest BCUT2D eigenvalue weighted by atomic mass is 35.5. The monoisotopic (exact) mass is 267 g/mol. The van der Waals surface area contributed by atoms with Crippen molar-refractivity contribution in [3.63, 3.8) is 0 Å². The standard InChI is InChI=1S/C10H13ClF3N3/c1-9(2,5-11)6-15-8-4-3-7(16-17-8)10(12,13)14/h3-4H,5-6H2,1-2H3,(H,15,17). The Labute approximate surface area is 102 Å². The third-order valence-corrected chi connectivity index (χ3v) is 2.79. The SMILES string of the molecule is CC(C)(CCl)CNc1ccc(C(F)(F)F)nn1. The molecule has 0 unspecified atom stereocenters. The van der Waals surface area contributed by atoms with Crippen LogP contribution >= 0.6 is 11.6 Å². The third-order valence-electron chi connectivity index (χ3n) is 2.06. The van der Waals surface area contributed by atoms with E-state index in [1.165, 1.54) is 6.07 Å². The minimum Gasteiger partial charge on any atom is -0.368 e. The van der Waals surface area contributed by atoms with E-state index in [0.717, 1.165) is 6.07 Å². The molecule has 0 aromatic carbocycles. The Morgan fingerprint density at radius 3 is 2.29 bits per heavy atom. The first kappa shape index (κ1) is 14.0. The fourth-order valence-corrected chi connectivity index (χ4v) is 1.05. The summed E-state index contributed by atoms with van der Waals surface area (Å²) < 4.78 is 36.6. The van der Waals surface area contributed by atoms with Crippen molar-refractivity contribution in [2.24, 2.45) is 5.41 Å². The van der Waals surface area contributed by atoms with Crippen LogP contribution in [-0.2, 0) is 6.18 Å². The summed E-state index contributed by atoms with van der Waals surface area (Å²) in [4.78, 5) is 0. The van der Waals surface area contributed by atoms with Gasteiger partial charge < -0.3 is 5.32 Å². The maximum absolute atomic E-state index is 12.2. The summed E-state index contributed by atoms with van der Waals surface area (Å²) in [6.07, 6.45) is -4.46. The van der Waals surface area contributed by atoms with Gasteiger partial charge in [0, 0.05) is 12.4 Å². The lowest BCUT2D eigenvalue weighted by molar-refractivity contribution is -0.141. The van der Waals surface area contributed by atoms with Crippen molar-refractivity contribution in [1.29, 1.82) is 0 Å². The minimum atomic E-state index is -4.46. The van der Waals surface area contributed by atoms with Crippen molar-refractivity contribution in [2.45, 2.75) is 20.0 Å². The lowest BCUT2D eigenvalue weighted by Crippen LogP contribution is -2.25. The van der Waals surface area contributed by atoms with E-state index in [4.69, 9.17) is 11.6 Å². The predicted octanol–water partition coefficient (Wildman–Crippen LogP) is 3.17. The molecular formula is C10H13ClF3N3. The molecule has 3 nitrogen and oxygen atoms in total. The molecule has 0 atom stereocenters. The molecule has 0 fully saturated rings. The molecule has 0 aliphatic heterocycles. The molecule has 1 aromatic heterocycles. The van der Waals surface area contributed by atoms with E-state index >= 15 is 0 Å². The quantitative estimate of drug-likeness (QED) is 0.852. The van der Waals surface area contributed by atoms with Gasteiger partial charge in [-0.05, 0) is 17.5 Å². The molecule has 0 saturated heterocycles. The van der Waals surface area contributed by atoms with Crippen LogP contribution in [0.4, 0.5) is 19.0 Å². The van der Waals surface area contributed by atoms with Crippen LogP contribution in [0.5, 0.6) is 0 Å². The zero-order chi connectivity index (χ0) is 13.1. The van der Waals surface area contributed by atoms with E-state index in [-0.39, 0.29) is 5.41 Å². The average Bonchev–Trinajstić information content (AvgIpc) is 2.26. The van der Waals surface area contributed by atoms with Gasteiger partial charge in [0.15, 0.2) is 5.69 Å². The highest BCUT2D eigenvalue weighted by Gasteiger charge is 2.32. The second-order valence-corrected chi connectivity index (χ2v) is 4.72. The van der Waals surface area contributed by atoms with Crippen LogP contribution in [0.3, 0.4) is 0 Å². The molecule has 1 heterocycles. The zero-order valence-corrected chi connectivity index (χ0v) is 10.2. The lowest BCUT2D eigenvalue weighted by Gasteiger charge is -2.21. The van der Waals surface area contributed by atoms with Crippen molar-refractivity contribution in [3.8, 4) is 0 Å². The number of nitrogens with one attached hydrogen (secondary N) is 1. The second-order valence-electron chi connectivity index (χ2n) is 4.45. The van der Waals surface area contributed by atoms with Crippen molar-refractivity contribution >= 4 is 17.4 Å². The van der Waals surface area contributed by atoms with Crippen LogP contribution in [0, 0.1) is 5.41 Å². The van der Waals surface area contributed by atoms with Crippen LogP contribution in [0.2, 0.25) is 0 Å². The molecule has 0 amide bonds. The summed E-state index contributed by atoms with van der Waals surface area (Å²) in [5.74, 6) is 0.741. The summed E-state index contributed by atoms with van der Waals surface area (Å²) in [5, 5.41) is 9.45. The van der Waals surface area contributed by atoms with E-state index in [1.807, 2.05) is 13.8 Å². The lowest BCUT2D eigenvalue weighted by atomic mass is 9.97. The second kappa shape index (κ2) is 5.08. The van der Waals surface area contributed by atoms with Gasteiger partial charge in [-0.1, -0.05) is 13.8 Å². The Balaban J connectivity index is 2.64. The molecule has 7 heteroatoms. The normalized spacial score (nSPS) is 12.6. The van der Waals surface area contributed by atoms with Crippen LogP contribution in [0.15, 0.2) is 12.1 Å². The molecule has 0 bridgehead atoms. The van der Waals surface area contributed by atoms with Gasteiger partial charge in [-0.2, -0.15) is 13.2 Å². The Morgan fingerprint density at radius 2 is 1.88 bits per heavy atom. The molecule has 0 spiro atoms. The molecular weight excluding hydrogens is 255 g/mol. The number of alkyl halides is 4. The van der Waals surface area contributed by atoms with Gasteiger partial charge in [0.05, 0.1) is 0 Å². The summed E-state index contributed by atoms with van der Waals surface area (Å²) >= 11 is 5.72. The highest BCUT2D eigenvalue weighted by molar-refractivity contribution is 6.18. The maximum Gasteiger partial charge on any atom is 0.435 e. The molecule has 1 N–H and O–H groups in total. The first-order valence-corrected chi connectivity index (χ1v) is 5.49. The maximum atomic E-state index is 12.2. The molecule has 0 aliphatic carbocycles. The van der Waals surface area contributed by atoms with E-state index in [0.29, 0.717) is 18.2 Å². The molecule has 1 aromatic rings. The number of hydrogen-bond acceptors (Lipinski definition) is 3.